The van der Waals surface area contributed by atoms with Crippen LogP contribution in [0.4, 0.5) is 10.5 Å². The largest absolute Gasteiger partial charge is 0.441 e. The van der Waals surface area contributed by atoms with Gasteiger partial charge in [-0.15, -0.1) is 0 Å². The van der Waals surface area contributed by atoms with Gasteiger partial charge in [-0.25, -0.2) is 9.78 Å². The highest BCUT2D eigenvalue weighted by atomic mass is 35.5. The van der Waals surface area contributed by atoms with Crippen molar-refractivity contribution in [3.05, 3.63) is 23.0 Å². The van der Waals surface area contributed by atoms with E-state index in [0.717, 1.165) is 12.8 Å². The number of nitrogens with two attached hydrogens (primary N) is 1. The SMILES string of the molecule is C[C@H](NC(=O)c1cnc(Cl)cc1N1CCC(C)(OC(N)=O)C1)C1CC1. The topological polar surface area (TPSA) is 97.6 Å². The highest BCUT2D eigenvalue weighted by molar-refractivity contribution is 6.29. The summed E-state index contributed by atoms with van der Waals surface area (Å²) >= 11 is 6.05. The quantitative estimate of drug-likeness (QED) is 0.779. The van der Waals surface area contributed by atoms with Crippen LogP contribution in [0.3, 0.4) is 0 Å². The first-order valence-corrected chi connectivity index (χ1v) is 8.85. The second-order valence-corrected chi connectivity index (χ2v) is 7.55. The van der Waals surface area contributed by atoms with Crippen molar-refractivity contribution in [1.82, 2.24) is 10.3 Å². The molecule has 8 heteroatoms. The Bertz CT molecular complexity index is 694. The van der Waals surface area contributed by atoms with E-state index in [4.69, 9.17) is 22.1 Å². The van der Waals surface area contributed by atoms with Gasteiger partial charge in [-0.1, -0.05) is 11.6 Å². The Morgan fingerprint density at radius 1 is 1.52 bits per heavy atom. The third-order valence-electron chi connectivity index (χ3n) is 4.90. The Labute approximate surface area is 151 Å². The van der Waals surface area contributed by atoms with E-state index in [9.17, 15) is 9.59 Å². The van der Waals surface area contributed by atoms with E-state index in [1.165, 1.54) is 6.20 Å². The van der Waals surface area contributed by atoms with Crippen LogP contribution in [0, 0.1) is 5.92 Å². The van der Waals surface area contributed by atoms with Crippen molar-refractivity contribution < 1.29 is 14.3 Å². The normalized spacial score (nSPS) is 24.0. The van der Waals surface area contributed by atoms with E-state index in [-0.39, 0.29) is 11.9 Å². The second kappa shape index (κ2) is 6.71. The van der Waals surface area contributed by atoms with Crippen molar-refractivity contribution in [2.24, 2.45) is 11.7 Å². The van der Waals surface area contributed by atoms with Crippen molar-refractivity contribution in [2.45, 2.75) is 44.8 Å². The Balaban J connectivity index is 1.80. The van der Waals surface area contributed by atoms with Crippen molar-refractivity contribution in [2.75, 3.05) is 18.0 Å². The molecule has 2 heterocycles. The van der Waals surface area contributed by atoms with E-state index in [1.54, 1.807) is 6.07 Å². The minimum Gasteiger partial charge on any atom is -0.441 e. The summed E-state index contributed by atoms with van der Waals surface area (Å²) in [6.07, 6.45) is 3.63. The molecule has 0 bridgehead atoms. The summed E-state index contributed by atoms with van der Waals surface area (Å²) in [5.41, 5.74) is 5.64. The molecule has 3 rings (SSSR count). The minimum atomic E-state index is -0.798. The van der Waals surface area contributed by atoms with Crippen LogP contribution in [0.15, 0.2) is 12.3 Å². The number of hydrogen-bond acceptors (Lipinski definition) is 5. The number of aromatic nitrogens is 1. The number of rotatable bonds is 5. The average Bonchev–Trinajstić information content (AvgIpc) is 3.30. The smallest absolute Gasteiger partial charge is 0.405 e. The summed E-state index contributed by atoms with van der Waals surface area (Å²) in [5, 5.41) is 3.35. The Hall–Kier alpha value is -2.02. The Morgan fingerprint density at radius 2 is 2.24 bits per heavy atom. The molecule has 3 N–H and O–H groups in total. The van der Waals surface area contributed by atoms with Crippen LogP contribution in [0.25, 0.3) is 0 Å². The van der Waals surface area contributed by atoms with E-state index < -0.39 is 11.7 Å². The number of anilines is 1. The molecule has 1 aromatic rings. The maximum atomic E-state index is 12.7. The van der Waals surface area contributed by atoms with Gasteiger partial charge < -0.3 is 20.7 Å². The number of nitrogens with zero attached hydrogens (tertiary/aromatic N) is 2. The first-order chi connectivity index (χ1) is 11.8. The summed E-state index contributed by atoms with van der Waals surface area (Å²) < 4.78 is 5.23. The van der Waals surface area contributed by atoms with Crippen LogP contribution in [-0.2, 0) is 4.74 Å². The van der Waals surface area contributed by atoms with E-state index >= 15 is 0 Å². The van der Waals surface area contributed by atoms with E-state index in [2.05, 4.69) is 10.3 Å². The molecule has 2 amide bonds. The summed E-state index contributed by atoms with van der Waals surface area (Å²) in [6, 6.07) is 1.81. The summed E-state index contributed by atoms with van der Waals surface area (Å²) in [4.78, 5) is 29.8. The predicted octanol–water partition coefficient (Wildman–Crippen LogP) is 2.33. The zero-order chi connectivity index (χ0) is 18.2. The van der Waals surface area contributed by atoms with Gasteiger partial charge in [0.2, 0.25) is 0 Å². The molecule has 7 nitrogen and oxygen atoms in total. The number of amides is 2. The molecule has 25 heavy (non-hydrogen) atoms. The molecule has 1 unspecified atom stereocenters. The molecule has 1 aliphatic carbocycles. The number of halogens is 1. The van der Waals surface area contributed by atoms with Crippen LogP contribution >= 0.6 is 11.6 Å². The number of carbonyl (C=O) groups excluding carboxylic acids is 2. The maximum Gasteiger partial charge on any atom is 0.405 e. The van der Waals surface area contributed by atoms with Crippen molar-refractivity contribution in [3.63, 3.8) is 0 Å². The molecule has 1 saturated heterocycles. The lowest BCUT2D eigenvalue weighted by molar-refractivity contribution is 0.0480. The molecule has 1 aromatic heterocycles. The van der Waals surface area contributed by atoms with Gasteiger partial charge in [0.1, 0.15) is 10.8 Å². The van der Waals surface area contributed by atoms with Crippen LogP contribution in [0.2, 0.25) is 5.15 Å². The van der Waals surface area contributed by atoms with Crippen LogP contribution in [0.1, 0.15) is 43.5 Å². The van der Waals surface area contributed by atoms with Gasteiger partial charge in [-0.05, 0) is 38.7 Å². The van der Waals surface area contributed by atoms with Crippen LogP contribution in [0.5, 0.6) is 0 Å². The number of carbonyl (C=O) groups is 2. The van der Waals surface area contributed by atoms with Crippen molar-refractivity contribution >= 4 is 29.3 Å². The molecule has 2 atom stereocenters. The lowest BCUT2D eigenvalue weighted by Gasteiger charge is -2.26. The standard InChI is InChI=1S/C17H23ClN4O3/c1-10(11-3-4-11)21-15(23)12-8-20-14(18)7-13(12)22-6-5-17(2,9-22)25-16(19)24/h7-8,10-11H,3-6,9H2,1-2H3,(H2,19,24)(H,21,23)/t10-,17?/m0/s1. The van der Waals surface area contributed by atoms with Crippen LogP contribution < -0.4 is 16.0 Å². The molecule has 0 aromatic carbocycles. The zero-order valence-corrected chi connectivity index (χ0v) is 15.2. The molecular formula is C17H23ClN4O3. The Kier molecular flexibility index (Phi) is 4.77. The highest BCUT2D eigenvalue weighted by Crippen LogP contribution is 2.34. The number of hydrogen-bond donors (Lipinski definition) is 2. The van der Waals surface area contributed by atoms with E-state index in [1.807, 2.05) is 18.7 Å². The summed E-state index contributed by atoms with van der Waals surface area (Å²) in [7, 11) is 0. The van der Waals surface area contributed by atoms with Gasteiger partial charge in [0, 0.05) is 25.2 Å². The lowest BCUT2D eigenvalue weighted by Crippen LogP contribution is -2.38. The first kappa shape index (κ1) is 17.8. The number of nitrogens with one attached hydrogen (secondary N) is 1. The predicted molar refractivity (Wildman–Crippen MR) is 94.8 cm³/mol. The monoisotopic (exact) mass is 366 g/mol. The number of primary amides is 1. The third-order valence-corrected chi connectivity index (χ3v) is 5.11. The number of ether oxygens (including phenoxy) is 1. The summed E-state index contributed by atoms with van der Waals surface area (Å²) in [5.74, 6) is 0.398. The van der Waals surface area contributed by atoms with Gasteiger partial charge in [0.05, 0.1) is 17.8 Å². The van der Waals surface area contributed by atoms with Gasteiger partial charge in [0.15, 0.2) is 0 Å². The molecule has 2 aliphatic rings. The first-order valence-electron chi connectivity index (χ1n) is 8.47. The van der Waals surface area contributed by atoms with E-state index in [0.29, 0.717) is 41.8 Å². The van der Waals surface area contributed by atoms with Crippen LogP contribution in [-0.4, -0.2) is 41.7 Å². The fourth-order valence-corrected chi connectivity index (χ4v) is 3.47. The maximum absolute atomic E-state index is 12.7. The van der Waals surface area contributed by atoms with Crippen molar-refractivity contribution in [3.8, 4) is 0 Å². The number of pyridine rings is 1. The van der Waals surface area contributed by atoms with Crippen molar-refractivity contribution in [1.29, 1.82) is 0 Å². The van der Waals surface area contributed by atoms with Gasteiger partial charge in [0.25, 0.3) is 5.91 Å². The van der Waals surface area contributed by atoms with Gasteiger partial charge in [-0.3, -0.25) is 4.79 Å². The minimum absolute atomic E-state index is 0.137. The fourth-order valence-electron chi connectivity index (χ4n) is 3.32. The lowest BCUT2D eigenvalue weighted by atomic mass is 10.1. The molecule has 2 fully saturated rings. The molecule has 1 saturated carbocycles. The molecule has 136 valence electrons. The summed E-state index contributed by atoms with van der Waals surface area (Å²) in [6.45, 7) is 4.92. The second-order valence-electron chi connectivity index (χ2n) is 7.17. The zero-order valence-electron chi connectivity index (χ0n) is 14.4. The van der Waals surface area contributed by atoms with Gasteiger partial charge in [-0.2, -0.15) is 0 Å². The third kappa shape index (κ3) is 4.15. The molecule has 0 radical (unpaired) electrons. The van der Waals surface area contributed by atoms with Gasteiger partial charge >= 0.3 is 6.09 Å². The highest BCUT2D eigenvalue weighted by Gasteiger charge is 2.38. The average molecular weight is 367 g/mol. The Morgan fingerprint density at radius 3 is 2.88 bits per heavy atom. The molecule has 1 aliphatic heterocycles. The molecular weight excluding hydrogens is 344 g/mol. The molecule has 0 spiro atoms. The fraction of sp³-hybridized carbons (Fsp3) is 0.588.